The van der Waals surface area contributed by atoms with Gasteiger partial charge in [0.15, 0.2) is 5.65 Å². The average Bonchev–Trinajstić information content (AvgIpc) is 3.20. The van der Waals surface area contributed by atoms with E-state index < -0.39 is 0 Å². The molecule has 0 aliphatic rings. The molecule has 0 unspecified atom stereocenters. The van der Waals surface area contributed by atoms with Crippen LogP contribution in [0.4, 0.5) is 0 Å². The zero-order chi connectivity index (χ0) is 19.3. The number of ether oxygens (including phenoxy) is 1. The Morgan fingerprint density at radius 3 is 2.75 bits per heavy atom. The maximum atomic E-state index is 5.42. The summed E-state index contributed by atoms with van der Waals surface area (Å²) in [4.78, 5) is 0. The van der Waals surface area contributed by atoms with Gasteiger partial charge in [-0.05, 0) is 53.6 Å². The molecule has 142 valence electrons. The number of tetrazole rings is 1. The highest BCUT2D eigenvalue weighted by Crippen LogP contribution is 2.23. The van der Waals surface area contributed by atoms with Crippen molar-refractivity contribution in [2.45, 2.75) is 19.9 Å². The molecule has 0 fully saturated rings. The van der Waals surface area contributed by atoms with Crippen LogP contribution in [-0.4, -0.2) is 33.7 Å². The number of fused-ring (bicyclic) bond motifs is 1. The molecule has 2 aromatic carbocycles. The van der Waals surface area contributed by atoms with Crippen molar-refractivity contribution in [3.05, 3.63) is 77.5 Å². The monoisotopic (exact) mass is 373 g/mol. The van der Waals surface area contributed by atoms with Crippen LogP contribution in [0.3, 0.4) is 0 Å². The molecular formula is C22H23N5O. The number of nitrogens with zero attached hydrogens (tertiary/aromatic N) is 4. The molecule has 4 rings (SSSR count). The number of pyridine rings is 1. The number of hydrogen-bond acceptors (Lipinski definition) is 5. The Hall–Kier alpha value is -3.25. The van der Waals surface area contributed by atoms with Gasteiger partial charge >= 0.3 is 0 Å². The van der Waals surface area contributed by atoms with E-state index in [2.05, 4.69) is 64.2 Å². The minimum Gasteiger partial charge on any atom is -0.496 e. The van der Waals surface area contributed by atoms with E-state index in [1.807, 2.05) is 24.4 Å². The predicted molar refractivity (Wildman–Crippen MR) is 109 cm³/mol. The normalized spacial score (nSPS) is 11.1. The van der Waals surface area contributed by atoms with Crippen LogP contribution in [0.5, 0.6) is 5.75 Å². The molecule has 6 nitrogen and oxygen atoms in total. The third kappa shape index (κ3) is 3.87. The Morgan fingerprint density at radius 2 is 1.89 bits per heavy atom. The average molecular weight is 373 g/mol. The molecule has 0 aliphatic carbocycles. The van der Waals surface area contributed by atoms with Crippen LogP contribution in [0.2, 0.25) is 0 Å². The summed E-state index contributed by atoms with van der Waals surface area (Å²) in [6.45, 7) is 3.63. The zero-order valence-corrected chi connectivity index (χ0v) is 16.1. The Morgan fingerprint density at radius 1 is 1.00 bits per heavy atom. The molecule has 0 spiro atoms. The molecule has 0 bridgehead atoms. The van der Waals surface area contributed by atoms with E-state index in [0.29, 0.717) is 6.54 Å². The molecule has 28 heavy (non-hydrogen) atoms. The van der Waals surface area contributed by atoms with Crippen LogP contribution < -0.4 is 10.1 Å². The zero-order valence-electron chi connectivity index (χ0n) is 16.1. The number of benzene rings is 2. The molecule has 1 N–H and O–H groups in total. The second-order valence-corrected chi connectivity index (χ2v) is 6.81. The first-order valence-electron chi connectivity index (χ1n) is 9.35. The van der Waals surface area contributed by atoms with E-state index in [-0.39, 0.29) is 0 Å². The summed E-state index contributed by atoms with van der Waals surface area (Å²) in [5.41, 5.74) is 6.54. The van der Waals surface area contributed by atoms with E-state index in [1.165, 1.54) is 11.1 Å². The van der Waals surface area contributed by atoms with Gasteiger partial charge in [-0.2, -0.15) is 4.52 Å². The summed E-state index contributed by atoms with van der Waals surface area (Å²) in [6.07, 6.45) is 2.87. The van der Waals surface area contributed by atoms with Gasteiger partial charge in [0.2, 0.25) is 0 Å². The third-order valence-corrected chi connectivity index (χ3v) is 4.80. The minimum absolute atomic E-state index is 0.693. The highest BCUT2D eigenvalue weighted by molar-refractivity contribution is 5.67. The van der Waals surface area contributed by atoms with E-state index in [0.717, 1.165) is 41.1 Å². The van der Waals surface area contributed by atoms with Crippen LogP contribution in [-0.2, 0) is 13.0 Å². The second-order valence-electron chi connectivity index (χ2n) is 6.81. The molecular weight excluding hydrogens is 350 g/mol. The molecule has 2 heterocycles. The summed E-state index contributed by atoms with van der Waals surface area (Å²) in [6, 6.07) is 18.7. The standard InChI is InChI=1S/C22H23N5O/c1-16-6-5-8-18(12-16)20-13-19(22-24-25-26-27(22)15-20)14-23-11-10-17-7-3-4-9-21(17)28-2/h3-9,12-13,15,23H,10-11,14H2,1-2H3. The van der Waals surface area contributed by atoms with Crippen molar-refractivity contribution < 1.29 is 4.74 Å². The van der Waals surface area contributed by atoms with E-state index >= 15 is 0 Å². The van der Waals surface area contributed by atoms with Crippen molar-refractivity contribution in [1.82, 2.24) is 25.4 Å². The number of aryl methyl sites for hydroxylation is 1. The Labute approximate surface area is 164 Å². The number of rotatable bonds is 7. The summed E-state index contributed by atoms with van der Waals surface area (Å²) < 4.78 is 7.17. The van der Waals surface area contributed by atoms with Gasteiger partial charge in [-0.3, -0.25) is 0 Å². The first-order valence-corrected chi connectivity index (χ1v) is 9.35. The number of para-hydroxylation sites is 1. The van der Waals surface area contributed by atoms with Crippen LogP contribution in [0.1, 0.15) is 16.7 Å². The lowest BCUT2D eigenvalue weighted by atomic mass is 10.0. The summed E-state index contributed by atoms with van der Waals surface area (Å²) in [7, 11) is 1.71. The quantitative estimate of drug-likeness (QED) is 0.503. The van der Waals surface area contributed by atoms with Gasteiger partial charge in [0.25, 0.3) is 0 Å². The SMILES string of the molecule is COc1ccccc1CCNCc1cc(-c2cccc(C)c2)cn2nnnc12. The lowest BCUT2D eigenvalue weighted by molar-refractivity contribution is 0.409. The first-order chi connectivity index (χ1) is 13.7. The summed E-state index contributed by atoms with van der Waals surface area (Å²) in [5, 5.41) is 15.6. The van der Waals surface area contributed by atoms with Crippen molar-refractivity contribution in [2.75, 3.05) is 13.7 Å². The Balaban J connectivity index is 1.51. The van der Waals surface area contributed by atoms with Crippen LogP contribution >= 0.6 is 0 Å². The van der Waals surface area contributed by atoms with Gasteiger partial charge in [0.1, 0.15) is 5.75 Å². The fraction of sp³-hybridized carbons (Fsp3) is 0.227. The number of methoxy groups -OCH3 is 1. The first kappa shape index (κ1) is 18.1. The van der Waals surface area contributed by atoms with Gasteiger partial charge in [0, 0.05) is 23.9 Å². The van der Waals surface area contributed by atoms with Gasteiger partial charge in [-0.15, -0.1) is 5.10 Å². The highest BCUT2D eigenvalue weighted by Gasteiger charge is 2.09. The lowest BCUT2D eigenvalue weighted by Crippen LogP contribution is -2.17. The lowest BCUT2D eigenvalue weighted by Gasteiger charge is -2.11. The molecule has 4 aromatic rings. The van der Waals surface area contributed by atoms with Gasteiger partial charge in [0.05, 0.1) is 7.11 Å². The van der Waals surface area contributed by atoms with Gasteiger partial charge in [-0.1, -0.05) is 48.0 Å². The largest absolute Gasteiger partial charge is 0.496 e. The molecule has 0 saturated heterocycles. The molecule has 0 saturated carbocycles. The summed E-state index contributed by atoms with van der Waals surface area (Å²) in [5.74, 6) is 0.926. The van der Waals surface area contributed by atoms with Gasteiger partial charge in [-0.25, -0.2) is 0 Å². The smallest absolute Gasteiger partial charge is 0.183 e. The molecule has 0 atom stereocenters. The minimum atomic E-state index is 0.693. The Kier molecular flexibility index (Phi) is 5.30. The molecule has 2 aromatic heterocycles. The third-order valence-electron chi connectivity index (χ3n) is 4.80. The van der Waals surface area contributed by atoms with Crippen molar-refractivity contribution in [3.8, 4) is 16.9 Å². The maximum Gasteiger partial charge on any atom is 0.183 e. The van der Waals surface area contributed by atoms with E-state index in [4.69, 9.17) is 4.74 Å². The van der Waals surface area contributed by atoms with E-state index in [9.17, 15) is 0 Å². The molecule has 0 aliphatic heterocycles. The topological polar surface area (TPSA) is 64.3 Å². The number of nitrogens with one attached hydrogen (secondary N) is 1. The maximum absolute atomic E-state index is 5.42. The molecule has 0 radical (unpaired) electrons. The van der Waals surface area contributed by atoms with Crippen molar-refractivity contribution in [1.29, 1.82) is 0 Å². The Bertz CT molecular complexity index is 1090. The highest BCUT2D eigenvalue weighted by atomic mass is 16.5. The van der Waals surface area contributed by atoms with Gasteiger partial charge < -0.3 is 10.1 Å². The van der Waals surface area contributed by atoms with Crippen molar-refractivity contribution in [2.24, 2.45) is 0 Å². The van der Waals surface area contributed by atoms with Crippen molar-refractivity contribution in [3.63, 3.8) is 0 Å². The van der Waals surface area contributed by atoms with Crippen molar-refractivity contribution >= 4 is 5.65 Å². The van der Waals surface area contributed by atoms with E-state index in [1.54, 1.807) is 11.6 Å². The fourth-order valence-electron chi connectivity index (χ4n) is 3.38. The molecule has 6 heteroatoms. The fourth-order valence-corrected chi connectivity index (χ4v) is 3.38. The number of hydrogen-bond donors (Lipinski definition) is 1. The second kappa shape index (κ2) is 8.19. The van der Waals surface area contributed by atoms with Crippen LogP contribution in [0.15, 0.2) is 60.8 Å². The number of aromatic nitrogens is 4. The summed E-state index contributed by atoms with van der Waals surface area (Å²) >= 11 is 0. The van der Waals surface area contributed by atoms with Crippen LogP contribution in [0, 0.1) is 6.92 Å². The van der Waals surface area contributed by atoms with Crippen LogP contribution in [0.25, 0.3) is 16.8 Å². The predicted octanol–water partition coefficient (Wildman–Crippen LogP) is 3.44. The molecule has 0 amide bonds.